The molecule has 1 unspecified atom stereocenters. The molecule has 1 aliphatic rings. The average Bonchev–Trinajstić information content (AvgIpc) is 2.82. The maximum Gasteiger partial charge on any atom is 0.319 e. The van der Waals surface area contributed by atoms with E-state index in [0.29, 0.717) is 6.07 Å². The number of amides is 2. The topological polar surface area (TPSA) is 67.2 Å². The van der Waals surface area contributed by atoms with Crippen molar-refractivity contribution in [3.63, 3.8) is 0 Å². The predicted molar refractivity (Wildman–Crippen MR) is 65.1 cm³/mol. The minimum Gasteiger partial charge on any atom is -0.396 e. The number of carbonyl (C=O) groups is 1. The van der Waals surface area contributed by atoms with Crippen LogP contribution in [-0.4, -0.2) is 12.1 Å². The van der Waals surface area contributed by atoms with Gasteiger partial charge in [0.15, 0.2) is 0 Å². The van der Waals surface area contributed by atoms with Gasteiger partial charge in [-0.3, -0.25) is 0 Å². The molecule has 0 aromatic heterocycles. The zero-order chi connectivity index (χ0) is 13.5. The third kappa shape index (κ3) is 2.52. The minimum atomic E-state index is -0.855. The van der Waals surface area contributed by atoms with E-state index in [1.54, 1.807) is 0 Å². The summed E-state index contributed by atoms with van der Waals surface area (Å²) in [5, 5.41) is 5.02. The largest absolute Gasteiger partial charge is 0.396 e. The average molecular weight is 255 g/mol. The van der Waals surface area contributed by atoms with Gasteiger partial charge in [-0.15, -0.1) is 0 Å². The van der Waals surface area contributed by atoms with E-state index in [0.717, 1.165) is 12.5 Å². The molecule has 0 saturated heterocycles. The molecule has 1 aromatic carbocycles. The number of nitrogen functional groups attached to an aromatic ring is 1. The summed E-state index contributed by atoms with van der Waals surface area (Å²) in [6, 6.07) is 1.27. The number of hydrogen-bond acceptors (Lipinski definition) is 2. The van der Waals surface area contributed by atoms with Gasteiger partial charge in [0, 0.05) is 12.1 Å². The van der Waals surface area contributed by atoms with Gasteiger partial charge in [-0.25, -0.2) is 13.6 Å². The lowest BCUT2D eigenvalue weighted by molar-refractivity contribution is 0.250. The van der Waals surface area contributed by atoms with Crippen molar-refractivity contribution in [3.05, 3.63) is 23.8 Å². The van der Waals surface area contributed by atoms with E-state index in [1.165, 1.54) is 0 Å². The maximum atomic E-state index is 13.4. The molecule has 2 amide bonds. The van der Waals surface area contributed by atoms with E-state index in [9.17, 15) is 13.6 Å². The smallest absolute Gasteiger partial charge is 0.319 e. The van der Waals surface area contributed by atoms with Crippen LogP contribution >= 0.6 is 0 Å². The molecule has 0 heterocycles. The Morgan fingerprint density at radius 3 is 2.56 bits per heavy atom. The summed E-state index contributed by atoms with van der Waals surface area (Å²) >= 11 is 0. The molecule has 4 N–H and O–H groups in total. The van der Waals surface area contributed by atoms with Crippen molar-refractivity contribution in [1.82, 2.24) is 5.32 Å². The summed E-state index contributed by atoms with van der Waals surface area (Å²) in [5.41, 5.74) is 5.05. The lowest BCUT2D eigenvalue weighted by Gasteiger charge is -2.10. The SMILES string of the molecule is CC1(C)CC1NC(=O)Nc1cc(N)c(F)cc1F. The van der Waals surface area contributed by atoms with Gasteiger partial charge in [0.05, 0.1) is 11.4 Å². The fourth-order valence-electron chi connectivity index (χ4n) is 1.69. The van der Waals surface area contributed by atoms with Crippen LogP contribution in [0, 0.1) is 17.0 Å². The number of urea groups is 1. The van der Waals surface area contributed by atoms with Gasteiger partial charge >= 0.3 is 6.03 Å². The predicted octanol–water partition coefficient (Wildman–Crippen LogP) is 2.47. The number of halogens is 2. The molecule has 1 atom stereocenters. The molecule has 1 aliphatic carbocycles. The zero-order valence-corrected chi connectivity index (χ0v) is 10.2. The van der Waals surface area contributed by atoms with Crippen molar-refractivity contribution in [2.45, 2.75) is 26.3 Å². The minimum absolute atomic E-state index is 0.0811. The highest BCUT2D eigenvalue weighted by Gasteiger charge is 2.46. The van der Waals surface area contributed by atoms with Crippen molar-refractivity contribution in [1.29, 1.82) is 0 Å². The third-order valence-electron chi connectivity index (χ3n) is 3.15. The van der Waals surface area contributed by atoms with Crippen LogP contribution in [0.15, 0.2) is 12.1 Å². The molecule has 4 nitrogen and oxygen atoms in total. The van der Waals surface area contributed by atoms with Crippen LogP contribution in [0.2, 0.25) is 0 Å². The third-order valence-corrected chi connectivity index (χ3v) is 3.15. The van der Waals surface area contributed by atoms with Gasteiger partial charge < -0.3 is 16.4 Å². The molecule has 2 rings (SSSR count). The van der Waals surface area contributed by atoms with Gasteiger partial charge in [0.2, 0.25) is 0 Å². The first-order valence-electron chi connectivity index (χ1n) is 5.61. The molecule has 1 fully saturated rings. The summed E-state index contributed by atoms with van der Waals surface area (Å²) in [7, 11) is 0. The van der Waals surface area contributed by atoms with Crippen molar-refractivity contribution in [3.8, 4) is 0 Å². The lowest BCUT2D eigenvalue weighted by Crippen LogP contribution is -2.33. The maximum absolute atomic E-state index is 13.4. The lowest BCUT2D eigenvalue weighted by atomic mass is 10.2. The Morgan fingerprint density at radius 2 is 2.00 bits per heavy atom. The van der Waals surface area contributed by atoms with Crippen LogP contribution in [0.5, 0.6) is 0 Å². The van der Waals surface area contributed by atoms with Gasteiger partial charge in [-0.2, -0.15) is 0 Å². The van der Waals surface area contributed by atoms with Gasteiger partial charge in [-0.1, -0.05) is 13.8 Å². The number of rotatable bonds is 2. The van der Waals surface area contributed by atoms with Crippen LogP contribution in [-0.2, 0) is 0 Å². The monoisotopic (exact) mass is 255 g/mol. The zero-order valence-electron chi connectivity index (χ0n) is 10.2. The van der Waals surface area contributed by atoms with Crippen molar-refractivity contribution < 1.29 is 13.6 Å². The number of hydrogen-bond donors (Lipinski definition) is 3. The van der Waals surface area contributed by atoms with Crippen molar-refractivity contribution in [2.24, 2.45) is 5.41 Å². The Balaban J connectivity index is 2.01. The molecule has 98 valence electrons. The number of nitrogens with two attached hydrogens (primary N) is 1. The molecule has 1 aromatic rings. The first-order valence-corrected chi connectivity index (χ1v) is 5.61. The van der Waals surface area contributed by atoms with Gasteiger partial charge in [0.25, 0.3) is 0 Å². The van der Waals surface area contributed by atoms with E-state index in [2.05, 4.69) is 10.6 Å². The fourth-order valence-corrected chi connectivity index (χ4v) is 1.69. The first kappa shape index (κ1) is 12.6. The second kappa shape index (κ2) is 4.12. The highest BCUT2D eigenvalue weighted by Crippen LogP contribution is 2.44. The van der Waals surface area contributed by atoms with Crippen LogP contribution < -0.4 is 16.4 Å². The second-order valence-corrected chi connectivity index (χ2v) is 5.20. The molecule has 18 heavy (non-hydrogen) atoms. The molecule has 0 spiro atoms. The van der Waals surface area contributed by atoms with E-state index in [4.69, 9.17) is 5.73 Å². The molecule has 0 radical (unpaired) electrons. The summed E-state index contributed by atoms with van der Waals surface area (Å²) in [5.74, 6) is -1.70. The highest BCUT2D eigenvalue weighted by atomic mass is 19.1. The van der Waals surface area contributed by atoms with E-state index in [1.807, 2.05) is 13.8 Å². The van der Waals surface area contributed by atoms with E-state index in [-0.39, 0.29) is 22.8 Å². The Kier molecular flexibility index (Phi) is 2.88. The molecular weight excluding hydrogens is 240 g/mol. The number of anilines is 2. The van der Waals surface area contributed by atoms with Gasteiger partial charge in [0.1, 0.15) is 11.6 Å². The molecule has 0 aliphatic heterocycles. The molecule has 0 bridgehead atoms. The van der Waals surface area contributed by atoms with Crippen molar-refractivity contribution in [2.75, 3.05) is 11.1 Å². The normalized spacial score (nSPS) is 20.3. The van der Waals surface area contributed by atoms with Crippen molar-refractivity contribution >= 4 is 17.4 Å². The summed E-state index contributed by atoms with van der Waals surface area (Å²) in [6.45, 7) is 4.04. The van der Waals surface area contributed by atoms with Crippen LogP contribution in [0.4, 0.5) is 25.0 Å². The Hall–Kier alpha value is -1.85. The quantitative estimate of drug-likeness (QED) is 0.711. The van der Waals surface area contributed by atoms with E-state index < -0.39 is 17.7 Å². The van der Waals surface area contributed by atoms with Crippen LogP contribution in [0.25, 0.3) is 0 Å². The Labute approximate surface area is 104 Å². The molecule has 1 saturated carbocycles. The Morgan fingerprint density at radius 1 is 1.39 bits per heavy atom. The van der Waals surface area contributed by atoms with Gasteiger partial charge in [-0.05, 0) is 17.9 Å². The first-order chi connectivity index (χ1) is 8.29. The van der Waals surface area contributed by atoms with E-state index >= 15 is 0 Å². The molecule has 6 heteroatoms. The van der Waals surface area contributed by atoms with Crippen LogP contribution in [0.1, 0.15) is 20.3 Å². The standard InChI is InChI=1S/C12H15F2N3O/c1-12(2)5-10(12)17-11(18)16-9-4-8(15)6(13)3-7(9)14/h3-4,10H,5,15H2,1-2H3,(H2,16,17,18). The number of benzene rings is 1. The number of nitrogens with one attached hydrogen (secondary N) is 2. The summed E-state index contributed by atoms with van der Waals surface area (Å²) in [6.07, 6.45) is 0.883. The molecular formula is C12H15F2N3O. The second-order valence-electron chi connectivity index (χ2n) is 5.20. The van der Waals surface area contributed by atoms with Crippen LogP contribution in [0.3, 0.4) is 0 Å². The summed E-state index contributed by atoms with van der Waals surface area (Å²) in [4.78, 5) is 11.6. The number of carbonyl (C=O) groups excluding carboxylic acids is 1. The highest BCUT2D eigenvalue weighted by molar-refractivity contribution is 5.90. The fraction of sp³-hybridized carbons (Fsp3) is 0.417. The Bertz CT molecular complexity index is 502. The summed E-state index contributed by atoms with van der Waals surface area (Å²) < 4.78 is 26.3.